The first-order valence-electron chi connectivity index (χ1n) is 3.92. The number of nitrogens with zero attached hydrogens (tertiary/aromatic N) is 2. The fraction of sp³-hybridized carbons (Fsp3) is 0. The van der Waals surface area contributed by atoms with Crippen molar-refractivity contribution in [3.05, 3.63) is 24.3 Å². The topological polar surface area (TPSA) is 58.9 Å². The highest BCUT2D eigenvalue weighted by molar-refractivity contribution is 6.14. The van der Waals surface area contributed by atoms with Gasteiger partial charge in [0.1, 0.15) is 0 Å². The van der Waals surface area contributed by atoms with Crippen molar-refractivity contribution in [2.24, 2.45) is 9.98 Å². The lowest BCUT2D eigenvalue weighted by atomic mass is 10.3. The predicted octanol–water partition coefficient (Wildman–Crippen LogP) is 1.49. The van der Waals surface area contributed by atoms with Gasteiger partial charge in [0.2, 0.25) is 0 Å². The zero-order valence-corrected chi connectivity index (χ0v) is 7.33. The van der Waals surface area contributed by atoms with E-state index in [2.05, 4.69) is 9.98 Å². The number of hydrogen-bond donors (Lipinski definition) is 0. The van der Waals surface area contributed by atoms with Crippen LogP contribution in [0.3, 0.4) is 0 Å². The van der Waals surface area contributed by atoms with Crippen molar-refractivity contribution in [3.8, 4) is 0 Å². The average molecular weight is 188 g/mol. The van der Waals surface area contributed by atoms with Gasteiger partial charge in [-0.25, -0.2) is 0 Å². The second-order valence-electron chi connectivity index (χ2n) is 2.34. The molecule has 4 nitrogen and oxygen atoms in total. The van der Waals surface area contributed by atoms with Crippen molar-refractivity contribution < 1.29 is 9.59 Å². The Morgan fingerprint density at radius 2 is 1.14 bits per heavy atom. The van der Waals surface area contributed by atoms with Crippen molar-refractivity contribution in [3.63, 3.8) is 0 Å². The summed E-state index contributed by atoms with van der Waals surface area (Å²) in [4.78, 5) is 27.6. The third kappa shape index (κ3) is 3.10. The highest BCUT2D eigenvalue weighted by Crippen LogP contribution is 2.17. The van der Waals surface area contributed by atoms with E-state index in [-0.39, 0.29) is 0 Å². The molecule has 0 radical (unpaired) electrons. The van der Waals surface area contributed by atoms with E-state index >= 15 is 0 Å². The van der Waals surface area contributed by atoms with Crippen LogP contribution in [0, 0.1) is 0 Å². The van der Waals surface area contributed by atoms with Crippen LogP contribution in [0.1, 0.15) is 0 Å². The molecule has 0 saturated heterocycles. The van der Waals surface area contributed by atoms with Gasteiger partial charge in [0.15, 0.2) is 12.6 Å². The summed E-state index contributed by atoms with van der Waals surface area (Å²) in [5.74, 6) is 0. The molecule has 0 bridgehead atoms. The molecule has 14 heavy (non-hydrogen) atoms. The van der Waals surface area contributed by atoms with E-state index in [4.69, 9.17) is 0 Å². The molecule has 0 N–H and O–H groups in total. The highest BCUT2D eigenvalue weighted by Gasteiger charge is 1.88. The Kier molecular flexibility index (Phi) is 3.94. The molecule has 4 heteroatoms. The quantitative estimate of drug-likeness (QED) is 0.530. The lowest BCUT2D eigenvalue weighted by Gasteiger charge is -1.93. The van der Waals surface area contributed by atoms with Gasteiger partial charge in [-0.1, -0.05) is 0 Å². The van der Waals surface area contributed by atoms with Crippen molar-refractivity contribution >= 4 is 36.4 Å². The molecule has 0 atom stereocenters. The van der Waals surface area contributed by atoms with Gasteiger partial charge in [0, 0.05) is 0 Å². The summed E-state index contributed by atoms with van der Waals surface area (Å²) in [6, 6.07) is 6.82. The maximum Gasteiger partial charge on any atom is 0.161 e. The lowest BCUT2D eigenvalue weighted by Crippen LogP contribution is -1.73. The third-order valence-electron chi connectivity index (χ3n) is 1.42. The molecule has 0 aliphatic carbocycles. The standard InChI is InChI=1S/C10H8N2O2/c13-7-5-11-9-1-2-10(4-3-9)12-6-8-14/h1-8H. The third-order valence-corrected chi connectivity index (χ3v) is 1.42. The number of carbonyl (C=O) groups excluding carboxylic acids is 2. The van der Waals surface area contributed by atoms with E-state index in [0.717, 1.165) is 0 Å². The van der Waals surface area contributed by atoms with Crippen LogP contribution in [0.15, 0.2) is 34.3 Å². The van der Waals surface area contributed by atoms with Gasteiger partial charge in [-0.2, -0.15) is 0 Å². The molecule has 0 heterocycles. The van der Waals surface area contributed by atoms with E-state index < -0.39 is 0 Å². The van der Waals surface area contributed by atoms with Crippen molar-refractivity contribution in [1.29, 1.82) is 0 Å². The van der Waals surface area contributed by atoms with Crippen molar-refractivity contribution in [2.75, 3.05) is 0 Å². The monoisotopic (exact) mass is 188 g/mol. The molecule has 70 valence electrons. The molecule has 0 aromatic heterocycles. The number of rotatable bonds is 4. The van der Waals surface area contributed by atoms with Gasteiger partial charge in [-0.3, -0.25) is 19.6 Å². The summed E-state index contributed by atoms with van der Waals surface area (Å²) in [5, 5.41) is 0. The predicted molar refractivity (Wildman–Crippen MR) is 54.9 cm³/mol. The number of carbonyl (C=O) groups is 2. The molecule has 0 saturated carbocycles. The van der Waals surface area contributed by atoms with E-state index in [1.54, 1.807) is 24.3 Å². The SMILES string of the molecule is O=CC=Nc1ccc(N=CC=O)cc1. The Morgan fingerprint density at radius 3 is 1.43 bits per heavy atom. The normalized spacial score (nSPS) is 10.9. The average Bonchev–Trinajstić information content (AvgIpc) is 2.25. The minimum Gasteiger partial charge on any atom is -0.297 e. The maximum atomic E-state index is 9.97. The van der Waals surface area contributed by atoms with Crippen LogP contribution in [0.25, 0.3) is 0 Å². The number of aliphatic imine (C=N–C) groups is 2. The van der Waals surface area contributed by atoms with Crippen molar-refractivity contribution in [1.82, 2.24) is 0 Å². The molecular formula is C10H8N2O2. The van der Waals surface area contributed by atoms with Gasteiger partial charge < -0.3 is 0 Å². The zero-order valence-electron chi connectivity index (χ0n) is 7.33. The second-order valence-corrected chi connectivity index (χ2v) is 2.34. The van der Waals surface area contributed by atoms with E-state index in [0.29, 0.717) is 23.9 Å². The van der Waals surface area contributed by atoms with Crippen LogP contribution in [0.5, 0.6) is 0 Å². The van der Waals surface area contributed by atoms with Crippen LogP contribution in [-0.2, 0) is 9.59 Å². The summed E-state index contributed by atoms with van der Waals surface area (Å²) in [5.41, 5.74) is 1.34. The molecular weight excluding hydrogens is 180 g/mol. The molecule has 0 fully saturated rings. The zero-order chi connectivity index (χ0) is 10.2. The molecule has 0 unspecified atom stereocenters. The second kappa shape index (κ2) is 5.53. The van der Waals surface area contributed by atoms with E-state index in [9.17, 15) is 9.59 Å². The Labute approximate surface area is 81.0 Å². The van der Waals surface area contributed by atoms with Gasteiger partial charge in [0.25, 0.3) is 0 Å². The van der Waals surface area contributed by atoms with Gasteiger partial charge in [-0.05, 0) is 24.3 Å². The summed E-state index contributed by atoms with van der Waals surface area (Å²) < 4.78 is 0. The number of benzene rings is 1. The molecule has 1 aromatic rings. The minimum absolute atomic E-state index is 0.610. The highest BCUT2D eigenvalue weighted by atomic mass is 16.1. The summed E-state index contributed by atoms with van der Waals surface area (Å²) >= 11 is 0. The smallest absolute Gasteiger partial charge is 0.161 e. The van der Waals surface area contributed by atoms with Gasteiger partial charge >= 0.3 is 0 Å². The minimum atomic E-state index is 0.610. The van der Waals surface area contributed by atoms with E-state index in [1.165, 1.54) is 12.4 Å². The van der Waals surface area contributed by atoms with Crippen LogP contribution in [0.4, 0.5) is 11.4 Å². The van der Waals surface area contributed by atoms with Crippen LogP contribution in [0.2, 0.25) is 0 Å². The number of hydrogen-bond acceptors (Lipinski definition) is 4. The Bertz CT molecular complexity index is 329. The Morgan fingerprint density at radius 1 is 0.786 bits per heavy atom. The first-order valence-corrected chi connectivity index (χ1v) is 3.92. The molecule has 0 aliphatic rings. The largest absolute Gasteiger partial charge is 0.297 e. The van der Waals surface area contributed by atoms with Gasteiger partial charge in [0.05, 0.1) is 23.8 Å². The lowest BCUT2D eigenvalue weighted by molar-refractivity contribution is -0.103. The molecule has 0 spiro atoms. The van der Waals surface area contributed by atoms with Crippen LogP contribution in [-0.4, -0.2) is 25.0 Å². The molecule has 0 amide bonds. The van der Waals surface area contributed by atoms with Gasteiger partial charge in [-0.15, -0.1) is 0 Å². The molecule has 0 aliphatic heterocycles. The first kappa shape index (κ1) is 9.98. The Hall–Kier alpha value is -2.10. The molecule has 1 rings (SSSR count). The first-order chi connectivity index (χ1) is 6.86. The number of aldehydes is 2. The molecule has 1 aromatic carbocycles. The summed E-state index contributed by atoms with van der Waals surface area (Å²) in [6.07, 6.45) is 3.56. The fourth-order valence-corrected chi connectivity index (χ4v) is 0.858. The summed E-state index contributed by atoms with van der Waals surface area (Å²) in [7, 11) is 0. The van der Waals surface area contributed by atoms with Crippen LogP contribution >= 0.6 is 0 Å². The maximum absolute atomic E-state index is 9.97. The fourth-order valence-electron chi connectivity index (χ4n) is 0.858. The van der Waals surface area contributed by atoms with Crippen LogP contribution < -0.4 is 0 Å². The Balaban J connectivity index is 2.77. The van der Waals surface area contributed by atoms with E-state index in [1.807, 2.05) is 0 Å². The summed E-state index contributed by atoms with van der Waals surface area (Å²) in [6.45, 7) is 0. The van der Waals surface area contributed by atoms with Crippen molar-refractivity contribution in [2.45, 2.75) is 0 Å².